The quantitative estimate of drug-likeness (QED) is 0.0925. The van der Waals surface area contributed by atoms with Crippen molar-refractivity contribution in [1.29, 1.82) is 0 Å². The van der Waals surface area contributed by atoms with Crippen LogP contribution in [0.25, 0.3) is 0 Å². The molecule has 2 aliphatic carbocycles. The van der Waals surface area contributed by atoms with Crippen molar-refractivity contribution in [3.63, 3.8) is 0 Å². The Morgan fingerprint density at radius 2 is 1.69 bits per heavy atom. The van der Waals surface area contributed by atoms with E-state index in [1.807, 2.05) is 0 Å². The van der Waals surface area contributed by atoms with E-state index in [-0.39, 0.29) is 45.8 Å². The number of carbonyl (C=O) groups is 4. The number of fused-ring (bicyclic) bond motifs is 3. The van der Waals surface area contributed by atoms with Crippen LogP contribution in [0.5, 0.6) is 17.2 Å². The summed E-state index contributed by atoms with van der Waals surface area (Å²) >= 11 is 0. The highest BCUT2D eigenvalue weighted by Gasteiger charge is 2.49. The molecule has 16 nitrogen and oxygen atoms in total. The van der Waals surface area contributed by atoms with Crippen LogP contribution in [-0.2, 0) is 25.5 Å². The number of carboxylic acids is 1. The molecular weight excluding hydrogens is 648 g/mol. The van der Waals surface area contributed by atoms with Crippen LogP contribution in [0.15, 0.2) is 27.8 Å². The summed E-state index contributed by atoms with van der Waals surface area (Å²) in [6.07, 6.45) is -6.16. The number of nitrogens with one attached hydrogen (secondary N) is 2. The van der Waals surface area contributed by atoms with Gasteiger partial charge in [-0.2, -0.15) is 0 Å². The van der Waals surface area contributed by atoms with E-state index in [0.29, 0.717) is 0 Å². The van der Waals surface area contributed by atoms with E-state index < -0.39 is 112 Å². The molecule has 0 radical (unpaired) electrons. The van der Waals surface area contributed by atoms with Crippen molar-refractivity contribution in [3.05, 3.63) is 72.0 Å². The molecule has 16 heteroatoms. The van der Waals surface area contributed by atoms with Crippen molar-refractivity contribution in [2.75, 3.05) is 24.3 Å². The minimum absolute atomic E-state index is 0.0571. The Morgan fingerprint density at radius 3 is 2.35 bits per heavy atom. The second-order valence-corrected chi connectivity index (χ2v) is 12.4. The van der Waals surface area contributed by atoms with Gasteiger partial charge in [0.25, 0.3) is 10.9 Å². The molecule has 49 heavy (non-hydrogen) atoms. The van der Waals surface area contributed by atoms with Crippen LogP contribution < -0.4 is 26.2 Å². The molecule has 258 valence electrons. The SMILES string of the molecule is COc1cccc2c1C(=O)c1c(O)c3c(c(O)c1C2=O)C[C@@](O)(C(C)=O)C[C@@H]3O[C@H]1C[C@H](Nc2c(NCC(=O)O)c(=O)c2=O)[C@H](O)[C@H](C)O1. The Labute approximate surface area is 276 Å². The Balaban J connectivity index is 1.38. The Bertz CT molecular complexity index is 2010. The minimum Gasteiger partial charge on any atom is -0.507 e. The molecule has 0 spiro atoms. The van der Waals surface area contributed by atoms with E-state index in [9.17, 15) is 49.2 Å². The summed E-state index contributed by atoms with van der Waals surface area (Å²) in [6.45, 7) is 1.95. The van der Waals surface area contributed by atoms with Crippen LogP contribution in [-0.4, -0.2) is 92.6 Å². The summed E-state index contributed by atoms with van der Waals surface area (Å²) in [4.78, 5) is 75.6. The molecule has 1 heterocycles. The molecule has 0 aromatic heterocycles. The van der Waals surface area contributed by atoms with Crippen LogP contribution in [0, 0.1) is 0 Å². The Morgan fingerprint density at radius 1 is 1.02 bits per heavy atom. The lowest BCUT2D eigenvalue weighted by molar-refractivity contribution is -0.245. The zero-order valence-corrected chi connectivity index (χ0v) is 26.4. The van der Waals surface area contributed by atoms with Gasteiger partial charge in [0, 0.05) is 36.0 Å². The summed E-state index contributed by atoms with van der Waals surface area (Å²) in [5, 5.41) is 59.6. The number of carbonyl (C=O) groups excluding carboxylic acids is 3. The van der Waals surface area contributed by atoms with Crippen molar-refractivity contribution in [1.82, 2.24) is 0 Å². The Hall–Kier alpha value is -5.16. The van der Waals surface area contributed by atoms with Gasteiger partial charge in [-0.25, -0.2) is 0 Å². The number of aliphatic hydroxyl groups excluding tert-OH is 1. The standard InChI is InChI=1S/C33H32N2O14/c1-11-26(39)15(35-25-24(31(44)32(25)45)34-10-18(37)38)7-19(48-11)49-17-9-33(46,12(2)36)8-14-21(17)30(43)23-22(28(14)41)27(40)13-5-4-6-16(47-3)20(13)29(23)42/h4-6,11,15,17,19,26,34-35,39,41,43,46H,7-10H2,1-3H3,(H,37,38)/t11-,15-,17-,19-,26+,33-/m0/s1. The van der Waals surface area contributed by atoms with E-state index in [1.54, 1.807) is 0 Å². The first-order chi connectivity index (χ1) is 23.1. The number of ether oxygens (including phenoxy) is 3. The number of hydrogen-bond donors (Lipinski definition) is 7. The number of benzene rings is 2. The van der Waals surface area contributed by atoms with Gasteiger partial charge >= 0.3 is 5.97 Å². The first-order valence-corrected chi connectivity index (χ1v) is 15.2. The van der Waals surface area contributed by atoms with Crippen molar-refractivity contribution >= 4 is 34.7 Å². The number of aliphatic hydroxyl groups is 2. The van der Waals surface area contributed by atoms with Crippen LogP contribution in [0.4, 0.5) is 11.4 Å². The van der Waals surface area contributed by atoms with Gasteiger partial charge in [-0.15, -0.1) is 0 Å². The van der Waals surface area contributed by atoms with E-state index in [2.05, 4.69) is 10.6 Å². The second-order valence-electron chi connectivity index (χ2n) is 12.4. The molecule has 3 aromatic rings. The monoisotopic (exact) mass is 680 g/mol. The molecule has 0 saturated carbocycles. The van der Waals surface area contributed by atoms with Gasteiger partial charge in [0.05, 0.1) is 42.0 Å². The highest BCUT2D eigenvalue weighted by molar-refractivity contribution is 6.31. The van der Waals surface area contributed by atoms with Gasteiger partial charge in [0.1, 0.15) is 46.9 Å². The van der Waals surface area contributed by atoms with E-state index in [4.69, 9.17) is 19.3 Å². The minimum atomic E-state index is -2.15. The van der Waals surface area contributed by atoms with E-state index in [0.717, 1.165) is 6.92 Å². The first kappa shape index (κ1) is 33.7. The molecule has 3 aromatic carbocycles. The second kappa shape index (κ2) is 12.1. The third-order valence-electron chi connectivity index (χ3n) is 9.41. The first-order valence-electron chi connectivity index (χ1n) is 15.2. The molecule has 6 atom stereocenters. The highest BCUT2D eigenvalue weighted by atomic mass is 16.7. The fourth-order valence-corrected chi connectivity index (χ4v) is 6.81. The summed E-state index contributed by atoms with van der Waals surface area (Å²) in [5.74, 6) is -5.00. The van der Waals surface area contributed by atoms with Gasteiger partial charge in [-0.1, -0.05) is 12.1 Å². The molecule has 0 unspecified atom stereocenters. The molecule has 3 aliphatic rings. The molecular formula is C33H32N2O14. The number of methoxy groups -OCH3 is 1. The molecule has 0 amide bonds. The maximum atomic E-state index is 13.8. The highest BCUT2D eigenvalue weighted by Crippen LogP contribution is 2.52. The normalized spacial score (nSPS) is 26.0. The zero-order chi connectivity index (χ0) is 35.7. The maximum absolute atomic E-state index is 13.8. The van der Waals surface area contributed by atoms with Gasteiger partial charge in [-0.05, 0) is 19.9 Å². The fourth-order valence-electron chi connectivity index (χ4n) is 6.81. The lowest BCUT2D eigenvalue weighted by Gasteiger charge is -2.43. The van der Waals surface area contributed by atoms with Crippen LogP contribution in [0.3, 0.4) is 0 Å². The van der Waals surface area contributed by atoms with Gasteiger partial charge in [-0.3, -0.25) is 28.8 Å². The molecule has 7 N–H and O–H groups in total. The van der Waals surface area contributed by atoms with Gasteiger partial charge in [0.2, 0.25) is 5.78 Å². The summed E-state index contributed by atoms with van der Waals surface area (Å²) in [5.41, 5.74) is -6.16. The lowest BCUT2D eigenvalue weighted by Crippen LogP contribution is -2.53. The van der Waals surface area contributed by atoms with Crippen molar-refractivity contribution in [3.8, 4) is 17.2 Å². The summed E-state index contributed by atoms with van der Waals surface area (Å²) in [7, 11) is 1.30. The number of anilines is 2. The van der Waals surface area contributed by atoms with Gasteiger partial charge < -0.3 is 50.4 Å². The van der Waals surface area contributed by atoms with Crippen molar-refractivity contribution in [2.45, 2.75) is 69.4 Å². The number of aromatic hydroxyl groups is 2. The average Bonchev–Trinajstić information content (AvgIpc) is 3.05. The maximum Gasteiger partial charge on any atom is 0.322 e. The summed E-state index contributed by atoms with van der Waals surface area (Å²) < 4.78 is 17.3. The third-order valence-corrected chi connectivity index (χ3v) is 9.41. The number of aliphatic carboxylic acids is 1. The lowest BCUT2D eigenvalue weighted by atomic mass is 9.72. The third kappa shape index (κ3) is 5.32. The molecule has 6 rings (SSSR count). The topological polar surface area (TPSA) is 255 Å². The van der Waals surface area contributed by atoms with Gasteiger partial charge in [0.15, 0.2) is 17.9 Å². The number of carboxylic acid groups (broad SMARTS) is 1. The number of Topliss-reactive ketones (excluding diaryl/α,β-unsaturated/α-hetero) is 1. The summed E-state index contributed by atoms with van der Waals surface area (Å²) in [6, 6.07) is 3.29. The smallest absolute Gasteiger partial charge is 0.322 e. The molecule has 0 bridgehead atoms. The van der Waals surface area contributed by atoms with E-state index in [1.165, 1.54) is 32.2 Å². The van der Waals surface area contributed by atoms with Crippen molar-refractivity contribution < 1.29 is 58.9 Å². The fraction of sp³-hybridized carbons (Fsp3) is 0.394. The number of rotatable bonds is 9. The molecule has 1 fully saturated rings. The predicted molar refractivity (Wildman–Crippen MR) is 167 cm³/mol. The average molecular weight is 681 g/mol. The Kier molecular flexibility index (Phi) is 8.31. The zero-order valence-electron chi connectivity index (χ0n) is 26.4. The van der Waals surface area contributed by atoms with E-state index >= 15 is 0 Å². The van der Waals surface area contributed by atoms with Crippen LogP contribution in [0.2, 0.25) is 0 Å². The molecule has 1 saturated heterocycles. The predicted octanol–water partition coefficient (Wildman–Crippen LogP) is 0.275. The molecule has 1 aliphatic heterocycles. The number of phenols is 2. The number of ketones is 3. The number of hydrogen-bond acceptors (Lipinski definition) is 15. The van der Waals surface area contributed by atoms with Crippen LogP contribution in [0.1, 0.15) is 75.8 Å². The largest absolute Gasteiger partial charge is 0.507 e. The van der Waals surface area contributed by atoms with Crippen molar-refractivity contribution in [2.24, 2.45) is 0 Å². The number of phenolic OH excluding ortho intramolecular Hbond substituents is 2. The van der Waals surface area contributed by atoms with Crippen LogP contribution >= 0.6 is 0 Å².